The molecule has 98 valence electrons. The van der Waals surface area contributed by atoms with Gasteiger partial charge in [0.15, 0.2) is 0 Å². The third-order valence-electron chi connectivity index (χ3n) is 3.09. The summed E-state index contributed by atoms with van der Waals surface area (Å²) in [7, 11) is 0. The Hall–Kier alpha value is -1.59. The maximum Gasteiger partial charge on any atom is 0.305 e. The van der Waals surface area contributed by atoms with Crippen LogP contribution in [0.1, 0.15) is 18.0 Å². The van der Waals surface area contributed by atoms with Crippen LogP contribution in [0.5, 0.6) is 0 Å². The molecule has 18 heavy (non-hydrogen) atoms. The highest BCUT2D eigenvalue weighted by molar-refractivity contribution is 5.68. The number of nitrogens with zero attached hydrogens (tertiary/aromatic N) is 1. The number of hydrogen-bond donors (Lipinski definition) is 2. The number of carboxylic acids is 1. The molecule has 1 aromatic carbocycles. The fraction of sp³-hybridized carbons (Fsp3) is 0.462. The molecular weight excluding hydrogens is 232 g/mol. The fourth-order valence-electron chi connectivity index (χ4n) is 2.06. The van der Waals surface area contributed by atoms with E-state index in [9.17, 15) is 4.79 Å². The minimum atomic E-state index is -0.875. The summed E-state index contributed by atoms with van der Waals surface area (Å²) in [5.41, 5.74) is 7.80. The quantitative estimate of drug-likeness (QED) is 0.833. The lowest BCUT2D eigenvalue weighted by Gasteiger charge is -2.29. The fourth-order valence-corrected chi connectivity index (χ4v) is 2.06. The smallest absolute Gasteiger partial charge is 0.305 e. The molecule has 1 unspecified atom stereocenters. The number of carbonyl (C=O) groups is 1. The molecule has 1 heterocycles. The summed E-state index contributed by atoms with van der Waals surface area (Å²) in [5, 5.41) is 8.70. The largest absolute Gasteiger partial charge is 0.481 e. The van der Waals surface area contributed by atoms with E-state index in [-0.39, 0.29) is 6.42 Å². The Morgan fingerprint density at radius 2 is 1.94 bits per heavy atom. The number of anilines is 1. The second-order valence-corrected chi connectivity index (χ2v) is 4.40. The van der Waals surface area contributed by atoms with Gasteiger partial charge < -0.3 is 20.5 Å². The van der Waals surface area contributed by atoms with Crippen molar-refractivity contribution in [3.05, 3.63) is 29.8 Å². The molecule has 3 N–H and O–H groups in total. The van der Waals surface area contributed by atoms with Crippen LogP contribution in [0.3, 0.4) is 0 Å². The molecule has 0 spiro atoms. The van der Waals surface area contributed by atoms with Gasteiger partial charge in [-0.3, -0.25) is 4.79 Å². The molecule has 2 rings (SSSR count). The van der Waals surface area contributed by atoms with Crippen LogP contribution in [0.15, 0.2) is 24.3 Å². The van der Waals surface area contributed by atoms with Crippen molar-refractivity contribution >= 4 is 11.7 Å². The van der Waals surface area contributed by atoms with Gasteiger partial charge in [0.25, 0.3) is 0 Å². The summed E-state index contributed by atoms with van der Waals surface area (Å²) >= 11 is 0. The molecule has 1 aliphatic rings. The number of hydrogen-bond acceptors (Lipinski definition) is 4. The molecule has 5 heteroatoms. The molecule has 0 radical (unpaired) electrons. The van der Waals surface area contributed by atoms with Crippen LogP contribution in [0.4, 0.5) is 5.69 Å². The Morgan fingerprint density at radius 1 is 1.33 bits per heavy atom. The van der Waals surface area contributed by atoms with E-state index >= 15 is 0 Å². The van der Waals surface area contributed by atoms with E-state index in [2.05, 4.69) is 4.90 Å². The van der Waals surface area contributed by atoms with E-state index in [1.807, 2.05) is 24.3 Å². The van der Waals surface area contributed by atoms with Gasteiger partial charge in [-0.2, -0.15) is 0 Å². The SMILES string of the molecule is NC(CC(=O)O)c1ccc(N2CCOCC2)cc1. The van der Waals surface area contributed by atoms with Crippen molar-refractivity contribution in [2.75, 3.05) is 31.2 Å². The van der Waals surface area contributed by atoms with Crippen LogP contribution in [-0.2, 0) is 9.53 Å². The first-order chi connectivity index (χ1) is 8.66. The number of aliphatic carboxylic acids is 1. The van der Waals surface area contributed by atoms with Gasteiger partial charge in [0, 0.05) is 24.8 Å². The topological polar surface area (TPSA) is 75.8 Å². The molecule has 0 amide bonds. The lowest BCUT2D eigenvalue weighted by Crippen LogP contribution is -2.36. The molecule has 0 saturated carbocycles. The van der Waals surface area contributed by atoms with Gasteiger partial charge in [0.2, 0.25) is 0 Å². The predicted octanol–water partition coefficient (Wildman–Crippen LogP) is 0.998. The van der Waals surface area contributed by atoms with Gasteiger partial charge >= 0.3 is 5.97 Å². The number of benzene rings is 1. The van der Waals surface area contributed by atoms with Crippen molar-refractivity contribution < 1.29 is 14.6 Å². The summed E-state index contributed by atoms with van der Waals surface area (Å²) in [6.07, 6.45) is -0.0447. The van der Waals surface area contributed by atoms with Crippen molar-refractivity contribution in [3.63, 3.8) is 0 Å². The standard InChI is InChI=1S/C13H18N2O3/c14-12(9-13(16)17)10-1-3-11(4-2-10)15-5-7-18-8-6-15/h1-4,12H,5-9,14H2,(H,16,17). The van der Waals surface area contributed by atoms with Gasteiger partial charge in [-0.15, -0.1) is 0 Å². The molecule has 1 saturated heterocycles. The predicted molar refractivity (Wildman–Crippen MR) is 68.7 cm³/mol. The summed E-state index contributed by atoms with van der Waals surface area (Å²) < 4.78 is 5.30. The Labute approximate surface area is 106 Å². The van der Waals surface area contributed by atoms with E-state index in [1.165, 1.54) is 0 Å². The number of carboxylic acid groups (broad SMARTS) is 1. The van der Waals surface area contributed by atoms with Gasteiger partial charge in [-0.1, -0.05) is 12.1 Å². The summed E-state index contributed by atoms with van der Waals surface area (Å²) in [6, 6.07) is 7.34. The van der Waals surface area contributed by atoms with E-state index in [4.69, 9.17) is 15.6 Å². The minimum absolute atomic E-state index is 0.0447. The second kappa shape index (κ2) is 5.84. The monoisotopic (exact) mass is 250 g/mol. The molecule has 0 aromatic heterocycles. The Balaban J connectivity index is 2.02. The highest BCUT2D eigenvalue weighted by Gasteiger charge is 2.13. The van der Waals surface area contributed by atoms with Crippen LogP contribution in [0.25, 0.3) is 0 Å². The molecule has 1 aliphatic heterocycles. The van der Waals surface area contributed by atoms with E-state index in [1.54, 1.807) is 0 Å². The molecular formula is C13H18N2O3. The average Bonchev–Trinajstić information content (AvgIpc) is 2.39. The average molecular weight is 250 g/mol. The Kier molecular flexibility index (Phi) is 4.17. The lowest BCUT2D eigenvalue weighted by atomic mass is 10.0. The number of ether oxygens (including phenoxy) is 1. The zero-order valence-electron chi connectivity index (χ0n) is 10.2. The lowest BCUT2D eigenvalue weighted by molar-refractivity contribution is -0.137. The molecule has 0 aliphatic carbocycles. The Morgan fingerprint density at radius 3 is 2.50 bits per heavy atom. The van der Waals surface area contributed by atoms with Crippen LogP contribution < -0.4 is 10.6 Å². The first-order valence-electron chi connectivity index (χ1n) is 6.07. The third kappa shape index (κ3) is 3.21. The highest BCUT2D eigenvalue weighted by atomic mass is 16.5. The first-order valence-corrected chi connectivity index (χ1v) is 6.07. The van der Waals surface area contributed by atoms with Crippen LogP contribution in [0, 0.1) is 0 Å². The highest BCUT2D eigenvalue weighted by Crippen LogP contribution is 2.20. The van der Waals surface area contributed by atoms with E-state index < -0.39 is 12.0 Å². The van der Waals surface area contributed by atoms with Crippen molar-refractivity contribution in [1.29, 1.82) is 0 Å². The van der Waals surface area contributed by atoms with Gasteiger partial charge in [0.05, 0.1) is 19.6 Å². The van der Waals surface area contributed by atoms with Gasteiger partial charge in [-0.25, -0.2) is 0 Å². The summed E-state index contributed by atoms with van der Waals surface area (Å²) in [5.74, 6) is -0.875. The van der Waals surface area contributed by atoms with Crippen LogP contribution in [0.2, 0.25) is 0 Å². The molecule has 5 nitrogen and oxygen atoms in total. The molecule has 1 fully saturated rings. The molecule has 1 aromatic rings. The van der Waals surface area contributed by atoms with Crippen molar-refractivity contribution in [1.82, 2.24) is 0 Å². The normalized spacial score (nSPS) is 17.5. The second-order valence-electron chi connectivity index (χ2n) is 4.40. The maximum absolute atomic E-state index is 10.6. The zero-order chi connectivity index (χ0) is 13.0. The van der Waals surface area contributed by atoms with E-state index in [0.29, 0.717) is 0 Å². The number of morpholine rings is 1. The number of rotatable bonds is 4. The Bertz CT molecular complexity index is 399. The van der Waals surface area contributed by atoms with Crippen molar-refractivity contribution in [2.24, 2.45) is 5.73 Å². The summed E-state index contributed by atoms with van der Waals surface area (Å²) in [6.45, 7) is 3.28. The molecule has 0 bridgehead atoms. The van der Waals surface area contributed by atoms with Gasteiger partial charge in [0.1, 0.15) is 0 Å². The number of nitrogens with two attached hydrogens (primary N) is 1. The van der Waals surface area contributed by atoms with E-state index in [0.717, 1.165) is 37.6 Å². The maximum atomic E-state index is 10.6. The van der Waals surface area contributed by atoms with Crippen LogP contribution in [-0.4, -0.2) is 37.4 Å². The molecule has 1 atom stereocenters. The minimum Gasteiger partial charge on any atom is -0.481 e. The summed E-state index contributed by atoms with van der Waals surface area (Å²) in [4.78, 5) is 12.8. The zero-order valence-corrected chi connectivity index (χ0v) is 10.2. The van der Waals surface area contributed by atoms with Crippen molar-refractivity contribution in [2.45, 2.75) is 12.5 Å². The first kappa shape index (κ1) is 12.9. The van der Waals surface area contributed by atoms with Gasteiger partial charge in [-0.05, 0) is 17.7 Å². The van der Waals surface area contributed by atoms with Crippen molar-refractivity contribution in [3.8, 4) is 0 Å². The third-order valence-corrected chi connectivity index (χ3v) is 3.09. The van der Waals surface area contributed by atoms with Crippen LogP contribution >= 0.6 is 0 Å².